The minimum absolute atomic E-state index is 0.215. The van der Waals surface area contributed by atoms with E-state index in [0.717, 1.165) is 19.3 Å². The van der Waals surface area contributed by atoms with Gasteiger partial charge in [0.2, 0.25) is 0 Å². The zero-order chi connectivity index (χ0) is 11.4. The highest BCUT2D eigenvalue weighted by Crippen LogP contribution is 2.37. The molecule has 1 unspecified atom stereocenters. The second-order valence-electron chi connectivity index (χ2n) is 4.81. The zero-order valence-electron chi connectivity index (χ0n) is 9.73. The monoisotopic (exact) mass is 216 g/mol. The van der Waals surface area contributed by atoms with Crippen LogP contribution in [0.4, 0.5) is 0 Å². The maximum atomic E-state index is 9.90. The van der Waals surface area contributed by atoms with Crippen molar-refractivity contribution in [2.24, 2.45) is 5.92 Å². The first kappa shape index (κ1) is 11.4. The third-order valence-corrected chi connectivity index (χ3v) is 3.26. The highest BCUT2D eigenvalue weighted by Gasteiger charge is 2.25. The van der Waals surface area contributed by atoms with E-state index in [2.05, 4.69) is 18.7 Å². The van der Waals surface area contributed by atoms with E-state index in [9.17, 15) is 5.11 Å². The SMILES string of the molecule is C=C(CC(O)CCc1ccccc1)C1CC1. The van der Waals surface area contributed by atoms with Gasteiger partial charge < -0.3 is 5.11 Å². The van der Waals surface area contributed by atoms with Crippen LogP contribution in [-0.2, 0) is 6.42 Å². The summed E-state index contributed by atoms with van der Waals surface area (Å²) in [5, 5.41) is 9.90. The van der Waals surface area contributed by atoms with E-state index in [1.165, 1.54) is 24.0 Å². The fourth-order valence-corrected chi connectivity index (χ4v) is 2.04. The fraction of sp³-hybridized carbons (Fsp3) is 0.467. The summed E-state index contributed by atoms with van der Waals surface area (Å²) >= 11 is 0. The molecule has 1 aromatic rings. The number of aliphatic hydroxyl groups is 1. The Bertz CT molecular complexity index is 338. The van der Waals surface area contributed by atoms with Gasteiger partial charge in [0.1, 0.15) is 0 Å². The van der Waals surface area contributed by atoms with Crippen molar-refractivity contribution in [3.05, 3.63) is 48.0 Å². The molecule has 1 N–H and O–H groups in total. The lowest BCUT2D eigenvalue weighted by Crippen LogP contribution is -2.09. The molecule has 1 aliphatic rings. The van der Waals surface area contributed by atoms with Gasteiger partial charge in [-0.25, -0.2) is 0 Å². The second kappa shape index (κ2) is 5.31. The van der Waals surface area contributed by atoms with Crippen LogP contribution in [0.5, 0.6) is 0 Å². The standard InChI is InChI=1S/C15H20O/c1-12(14-8-9-14)11-15(16)10-7-13-5-3-2-4-6-13/h2-6,14-16H,1,7-11H2. The molecule has 0 aliphatic heterocycles. The summed E-state index contributed by atoms with van der Waals surface area (Å²) in [6.45, 7) is 4.05. The van der Waals surface area contributed by atoms with Crippen LogP contribution in [0.25, 0.3) is 0 Å². The summed E-state index contributed by atoms with van der Waals surface area (Å²) in [4.78, 5) is 0. The Morgan fingerprint density at radius 2 is 2.00 bits per heavy atom. The number of rotatable bonds is 6. The van der Waals surface area contributed by atoms with E-state index in [1.807, 2.05) is 18.2 Å². The van der Waals surface area contributed by atoms with Crippen molar-refractivity contribution >= 4 is 0 Å². The molecule has 1 aliphatic carbocycles. The molecular formula is C15H20O. The van der Waals surface area contributed by atoms with Gasteiger partial charge in [0, 0.05) is 0 Å². The molecule has 0 saturated heterocycles. The van der Waals surface area contributed by atoms with Gasteiger partial charge in [-0.3, -0.25) is 0 Å². The van der Waals surface area contributed by atoms with Crippen molar-refractivity contribution < 1.29 is 5.11 Å². The molecule has 0 amide bonds. The van der Waals surface area contributed by atoms with Gasteiger partial charge in [0.25, 0.3) is 0 Å². The number of hydrogen-bond acceptors (Lipinski definition) is 1. The Morgan fingerprint density at radius 3 is 2.62 bits per heavy atom. The highest BCUT2D eigenvalue weighted by atomic mass is 16.3. The van der Waals surface area contributed by atoms with E-state index >= 15 is 0 Å². The van der Waals surface area contributed by atoms with Gasteiger partial charge in [0.15, 0.2) is 0 Å². The molecule has 86 valence electrons. The molecule has 1 fully saturated rings. The van der Waals surface area contributed by atoms with E-state index in [1.54, 1.807) is 0 Å². The maximum absolute atomic E-state index is 9.90. The summed E-state index contributed by atoms with van der Waals surface area (Å²) in [7, 11) is 0. The molecule has 2 rings (SSSR count). The Hall–Kier alpha value is -1.08. The Labute approximate surface area is 97.8 Å². The van der Waals surface area contributed by atoms with Crippen LogP contribution in [0.2, 0.25) is 0 Å². The summed E-state index contributed by atoms with van der Waals surface area (Å²) in [5.41, 5.74) is 2.55. The van der Waals surface area contributed by atoms with Crippen LogP contribution in [0, 0.1) is 5.92 Å². The molecule has 0 aromatic heterocycles. The van der Waals surface area contributed by atoms with Gasteiger partial charge in [-0.2, -0.15) is 0 Å². The minimum atomic E-state index is -0.215. The first-order valence-corrected chi connectivity index (χ1v) is 6.15. The van der Waals surface area contributed by atoms with Crippen LogP contribution < -0.4 is 0 Å². The van der Waals surface area contributed by atoms with Gasteiger partial charge in [-0.1, -0.05) is 42.5 Å². The fourth-order valence-electron chi connectivity index (χ4n) is 2.04. The number of aryl methyl sites for hydroxylation is 1. The lowest BCUT2D eigenvalue weighted by Gasteiger charge is -2.11. The molecule has 1 heteroatoms. The molecule has 16 heavy (non-hydrogen) atoms. The third-order valence-electron chi connectivity index (χ3n) is 3.26. The molecule has 0 bridgehead atoms. The lowest BCUT2D eigenvalue weighted by atomic mass is 10.00. The van der Waals surface area contributed by atoms with Crippen molar-refractivity contribution in [2.45, 2.75) is 38.2 Å². The molecule has 1 aromatic carbocycles. The molecule has 1 atom stereocenters. The predicted molar refractivity (Wildman–Crippen MR) is 67.3 cm³/mol. The lowest BCUT2D eigenvalue weighted by molar-refractivity contribution is 0.163. The van der Waals surface area contributed by atoms with Crippen LogP contribution in [0.15, 0.2) is 42.5 Å². The van der Waals surface area contributed by atoms with E-state index in [0.29, 0.717) is 5.92 Å². The molecule has 1 nitrogen and oxygen atoms in total. The molecule has 0 spiro atoms. The maximum Gasteiger partial charge on any atom is 0.0580 e. The number of hydrogen-bond donors (Lipinski definition) is 1. The van der Waals surface area contributed by atoms with Gasteiger partial charge in [0.05, 0.1) is 6.10 Å². The van der Waals surface area contributed by atoms with Crippen LogP contribution in [-0.4, -0.2) is 11.2 Å². The Kier molecular flexibility index (Phi) is 3.79. The van der Waals surface area contributed by atoms with Crippen molar-refractivity contribution in [3.8, 4) is 0 Å². The zero-order valence-corrected chi connectivity index (χ0v) is 9.73. The first-order valence-electron chi connectivity index (χ1n) is 6.15. The average Bonchev–Trinajstić information content (AvgIpc) is 3.11. The number of benzene rings is 1. The van der Waals surface area contributed by atoms with Crippen molar-refractivity contribution in [2.75, 3.05) is 0 Å². The van der Waals surface area contributed by atoms with Crippen LogP contribution >= 0.6 is 0 Å². The molecule has 0 radical (unpaired) electrons. The third kappa shape index (κ3) is 3.49. The molecule has 0 heterocycles. The van der Waals surface area contributed by atoms with E-state index in [4.69, 9.17) is 0 Å². The highest BCUT2D eigenvalue weighted by molar-refractivity contribution is 5.15. The smallest absolute Gasteiger partial charge is 0.0580 e. The quantitative estimate of drug-likeness (QED) is 0.723. The molecular weight excluding hydrogens is 196 g/mol. The molecule has 1 saturated carbocycles. The summed E-state index contributed by atoms with van der Waals surface area (Å²) in [6.07, 6.45) is 4.94. The largest absolute Gasteiger partial charge is 0.393 e. The topological polar surface area (TPSA) is 20.2 Å². The van der Waals surface area contributed by atoms with Crippen LogP contribution in [0.3, 0.4) is 0 Å². The minimum Gasteiger partial charge on any atom is -0.393 e. The average molecular weight is 216 g/mol. The van der Waals surface area contributed by atoms with Crippen molar-refractivity contribution in [1.82, 2.24) is 0 Å². The second-order valence-corrected chi connectivity index (χ2v) is 4.81. The Balaban J connectivity index is 1.71. The van der Waals surface area contributed by atoms with Crippen molar-refractivity contribution in [1.29, 1.82) is 0 Å². The Morgan fingerprint density at radius 1 is 1.31 bits per heavy atom. The van der Waals surface area contributed by atoms with Crippen molar-refractivity contribution in [3.63, 3.8) is 0 Å². The van der Waals surface area contributed by atoms with E-state index < -0.39 is 0 Å². The normalized spacial score (nSPS) is 17.1. The summed E-state index contributed by atoms with van der Waals surface area (Å²) in [6, 6.07) is 10.3. The van der Waals surface area contributed by atoms with Gasteiger partial charge in [-0.15, -0.1) is 0 Å². The first-order chi connectivity index (χ1) is 7.75. The van der Waals surface area contributed by atoms with E-state index in [-0.39, 0.29) is 6.10 Å². The van der Waals surface area contributed by atoms with Crippen LogP contribution in [0.1, 0.15) is 31.2 Å². The van der Waals surface area contributed by atoms with Gasteiger partial charge >= 0.3 is 0 Å². The summed E-state index contributed by atoms with van der Waals surface area (Å²) in [5.74, 6) is 0.714. The number of aliphatic hydroxyl groups excluding tert-OH is 1. The van der Waals surface area contributed by atoms with Gasteiger partial charge in [-0.05, 0) is 43.6 Å². The predicted octanol–water partition coefficient (Wildman–Crippen LogP) is 3.34. The summed E-state index contributed by atoms with van der Waals surface area (Å²) < 4.78 is 0.